The molecule has 1 amide bonds. The predicted molar refractivity (Wildman–Crippen MR) is 114 cm³/mol. The second-order valence-electron chi connectivity index (χ2n) is 7.50. The summed E-state index contributed by atoms with van der Waals surface area (Å²) in [6.07, 6.45) is 4.24. The molecule has 10 nitrogen and oxygen atoms in total. The van der Waals surface area contributed by atoms with Gasteiger partial charge in [-0.15, -0.1) is 0 Å². The predicted octanol–water partition coefficient (Wildman–Crippen LogP) is 2.01. The summed E-state index contributed by atoms with van der Waals surface area (Å²) in [6, 6.07) is 6.13. The summed E-state index contributed by atoms with van der Waals surface area (Å²) in [4.78, 5) is 24.8. The normalized spacial score (nSPS) is 15.0. The molecule has 1 saturated heterocycles. The van der Waals surface area contributed by atoms with E-state index in [0.717, 1.165) is 19.3 Å². The van der Waals surface area contributed by atoms with E-state index in [1.165, 1.54) is 21.0 Å². The van der Waals surface area contributed by atoms with Gasteiger partial charge in [0.15, 0.2) is 5.58 Å². The van der Waals surface area contributed by atoms with Gasteiger partial charge < -0.3 is 9.73 Å². The van der Waals surface area contributed by atoms with E-state index in [0.29, 0.717) is 31.0 Å². The standard InChI is InChI=1S/C20H25N5O5S/c1-2-10-25-18(7-9-21-25)22-19(26)8-13-24-16-6-5-15(14-17(16)30-20(24)27)31(28,29)23-11-3-4-12-23/h5-7,9,14H,2-4,8,10-13H2,1H3,(H,22,26). The van der Waals surface area contributed by atoms with Crippen LogP contribution in [0.2, 0.25) is 0 Å². The molecule has 0 aliphatic carbocycles. The Balaban J connectivity index is 1.49. The van der Waals surface area contributed by atoms with Crippen LogP contribution in [0.1, 0.15) is 32.6 Å². The molecule has 0 spiro atoms. The number of nitrogens with zero attached hydrogens (tertiary/aromatic N) is 4. The Bertz CT molecular complexity index is 1250. The second-order valence-corrected chi connectivity index (χ2v) is 9.44. The van der Waals surface area contributed by atoms with Gasteiger partial charge in [-0.3, -0.25) is 9.36 Å². The zero-order chi connectivity index (χ0) is 22.0. The van der Waals surface area contributed by atoms with Crippen molar-refractivity contribution in [1.82, 2.24) is 18.7 Å². The van der Waals surface area contributed by atoms with Crippen molar-refractivity contribution in [3.05, 3.63) is 41.0 Å². The molecule has 1 aliphatic rings. The third-order valence-corrected chi connectivity index (χ3v) is 7.22. The Hall–Kier alpha value is -2.92. The number of amides is 1. The molecular weight excluding hydrogens is 422 g/mol. The summed E-state index contributed by atoms with van der Waals surface area (Å²) in [5.74, 6) is -0.283. The fourth-order valence-electron chi connectivity index (χ4n) is 3.74. The highest BCUT2D eigenvalue weighted by molar-refractivity contribution is 7.89. The summed E-state index contributed by atoms with van der Waals surface area (Å²) in [5.41, 5.74) is 0.640. The van der Waals surface area contributed by atoms with Gasteiger partial charge in [-0.1, -0.05) is 6.92 Å². The molecule has 1 aromatic carbocycles. The fourth-order valence-corrected chi connectivity index (χ4v) is 5.28. The third kappa shape index (κ3) is 4.28. The lowest BCUT2D eigenvalue weighted by Crippen LogP contribution is -2.27. The van der Waals surface area contributed by atoms with E-state index in [2.05, 4.69) is 10.4 Å². The molecule has 1 N–H and O–H groups in total. The molecule has 1 aliphatic heterocycles. The van der Waals surface area contributed by atoms with Gasteiger partial charge in [0.1, 0.15) is 5.82 Å². The first-order valence-corrected chi connectivity index (χ1v) is 11.8. The van der Waals surface area contributed by atoms with Crippen LogP contribution in [0.5, 0.6) is 0 Å². The highest BCUT2D eigenvalue weighted by Gasteiger charge is 2.28. The molecule has 166 valence electrons. The molecule has 0 bridgehead atoms. The fraction of sp³-hybridized carbons (Fsp3) is 0.450. The van der Waals surface area contributed by atoms with Gasteiger partial charge >= 0.3 is 5.76 Å². The van der Waals surface area contributed by atoms with Crippen molar-refractivity contribution < 1.29 is 17.6 Å². The van der Waals surface area contributed by atoms with Crippen LogP contribution in [-0.4, -0.2) is 46.1 Å². The van der Waals surface area contributed by atoms with Gasteiger partial charge in [0.25, 0.3) is 0 Å². The molecular formula is C20H25N5O5S. The Morgan fingerprint density at radius 3 is 2.71 bits per heavy atom. The minimum atomic E-state index is -3.61. The summed E-state index contributed by atoms with van der Waals surface area (Å²) >= 11 is 0. The Labute approximate surface area is 179 Å². The van der Waals surface area contributed by atoms with Crippen molar-refractivity contribution in [2.24, 2.45) is 0 Å². The molecule has 31 heavy (non-hydrogen) atoms. The number of anilines is 1. The Morgan fingerprint density at radius 1 is 1.19 bits per heavy atom. The van der Waals surface area contributed by atoms with Crippen LogP contribution in [0.3, 0.4) is 0 Å². The lowest BCUT2D eigenvalue weighted by molar-refractivity contribution is -0.116. The number of sulfonamides is 1. The summed E-state index contributed by atoms with van der Waals surface area (Å²) in [6.45, 7) is 3.82. The van der Waals surface area contributed by atoms with Gasteiger partial charge in [0.2, 0.25) is 15.9 Å². The molecule has 2 aromatic heterocycles. The van der Waals surface area contributed by atoms with Crippen molar-refractivity contribution in [2.75, 3.05) is 18.4 Å². The van der Waals surface area contributed by atoms with Crippen LogP contribution < -0.4 is 11.1 Å². The summed E-state index contributed by atoms with van der Waals surface area (Å²) in [5, 5.41) is 6.96. The van der Waals surface area contributed by atoms with Crippen LogP contribution >= 0.6 is 0 Å². The van der Waals surface area contributed by atoms with Crippen LogP contribution in [-0.2, 0) is 27.9 Å². The number of carbonyl (C=O) groups excluding carboxylic acids is 1. The highest BCUT2D eigenvalue weighted by atomic mass is 32.2. The number of carbonyl (C=O) groups is 1. The number of fused-ring (bicyclic) bond motifs is 1. The number of aromatic nitrogens is 3. The molecule has 4 rings (SSSR count). The van der Waals surface area contributed by atoms with E-state index < -0.39 is 15.8 Å². The van der Waals surface area contributed by atoms with Gasteiger partial charge in [-0.25, -0.2) is 17.9 Å². The quantitative estimate of drug-likeness (QED) is 0.564. The van der Waals surface area contributed by atoms with Crippen LogP contribution in [0, 0.1) is 0 Å². The first kappa shape index (κ1) is 21.3. The lowest BCUT2D eigenvalue weighted by Gasteiger charge is -2.15. The topological polar surface area (TPSA) is 119 Å². The number of benzene rings is 1. The molecule has 0 unspecified atom stereocenters. The van der Waals surface area contributed by atoms with Crippen LogP contribution in [0.4, 0.5) is 5.82 Å². The SMILES string of the molecule is CCCn1nccc1NC(=O)CCn1c(=O)oc2cc(S(=O)(=O)N3CCCC3)ccc21. The van der Waals surface area contributed by atoms with Gasteiger partial charge in [-0.2, -0.15) is 9.40 Å². The van der Waals surface area contributed by atoms with E-state index in [4.69, 9.17) is 4.42 Å². The average molecular weight is 448 g/mol. The number of hydrogen-bond acceptors (Lipinski definition) is 6. The molecule has 11 heteroatoms. The minimum Gasteiger partial charge on any atom is -0.408 e. The van der Waals surface area contributed by atoms with Crippen molar-refractivity contribution in [2.45, 2.75) is 50.6 Å². The summed E-state index contributed by atoms with van der Waals surface area (Å²) in [7, 11) is -3.61. The monoisotopic (exact) mass is 447 g/mol. The van der Waals surface area contributed by atoms with E-state index >= 15 is 0 Å². The molecule has 0 atom stereocenters. The number of hydrogen-bond donors (Lipinski definition) is 1. The van der Waals surface area contributed by atoms with E-state index in [-0.39, 0.29) is 29.4 Å². The number of nitrogens with one attached hydrogen (secondary N) is 1. The van der Waals surface area contributed by atoms with Crippen molar-refractivity contribution in [3.63, 3.8) is 0 Å². The zero-order valence-corrected chi connectivity index (χ0v) is 18.1. The lowest BCUT2D eigenvalue weighted by atomic mass is 10.3. The van der Waals surface area contributed by atoms with E-state index in [1.54, 1.807) is 23.0 Å². The molecule has 0 saturated carbocycles. The minimum absolute atomic E-state index is 0.0552. The molecule has 0 radical (unpaired) electrons. The third-order valence-electron chi connectivity index (χ3n) is 5.32. The maximum Gasteiger partial charge on any atom is 0.419 e. The highest BCUT2D eigenvalue weighted by Crippen LogP contribution is 2.24. The first-order valence-electron chi connectivity index (χ1n) is 10.4. The summed E-state index contributed by atoms with van der Waals surface area (Å²) < 4.78 is 35.3. The van der Waals surface area contributed by atoms with Gasteiger partial charge in [-0.05, 0) is 31.4 Å². The largest absolute Gasteiger partial charge is 0.419 e. The van der Waals surface area contributed by atoms with Crippen LogP contribution in [0.25, 0.3) is 11.1 Å². The van der Waals surface area contributed by atoms with Crippen molar-refractivity contribution >= 4 is 32.8 Å². The second kappa shape index (κ2) is 8.67. The first-order chi connectivity index (χ1) is 14.9. The Morgan fingerprint density at radius 2 is 1.97 bits per heavy atom. The Kier molecular flexibility index (Phi) is 5.96. The molecule has 3 heterocycles. The van der Waals surface area contributed by atoms with E-state index in [9.17, 15) is 18.0 Å². The average Bonchev–Trinajstić information content (AvgIpc) is 3.47. The van der Waals surface area contributed by atoms with Crippen molar-refractivity contribution in [3.8, 4) is 0 Å². The number of rotatable bonds is 8. The number of aryl methyl sites for hydroxylation is 2. The van der Waals surface area contributed by atoms with Crippen LogP contribution in [0.15, 0.2) is 44.6 Å². The van der Waals surface area contributed by atoms with Gasteiger partial charge in [0, 0.05) is 44.7 Å². The zero-order valence-electron chi connectivity index (χ0n) is 17.3. The maximum absolute atomic E-state index is 12.7. The maximum atomic E-state index is 12.7. The molecule has 3 aromatic rings. The van der Waals surface area contributed by atoms with E-state index in [1.807, 2.05) is 6.92 Å². The van der Waals surface area contributed by atoms with Crippen molar-refractivity contribution in [1.29, 1.82) is 0 Å². The van der Waals surface area contributed by atoms with Gasteiger partial charge in [0.05, 0.1) is 16.6 Å². The molecule has 1 fully saturated rings. The smallest absolute Gasteiger partial charge is 0.408 e. The number of oxazole rings is 1.